The number of carbonyl (C=O) groups excluding carboxylic acids is 2. The molecule has 3 rings (SSSR count). The summed E-state index contributed by atoms with van der Waals surface area (Å²) in [4.78, 5) is 32.0. The van der Waals surface area contributed by atoms with Crippen molar-refractivity contribution in [2.75, 3.05) is 46.8 Å². The van der Waals surface area contributed by atoms with E-state index in [1.54, 1.807) is 0 Å². The minimum Gasteiger partial charge on any atom is -0.444 e. The predicted molar refractivity (Wildman–Crippen MR) is 143 cm³/mol. The first-order valence-corrected chi connectivity index (χ1v) is 13.0. The monoisotopic (exact) mass is 481 g/mol. The molecule has 0 saturated carbocycles. The smallest absolute Gasteiger partial charge is 0.410 e. The van der Waals surface area contributed by atoms with Gasteiger partial charge in [0.2, 0.25) is 5.91 Å². The van der Waals surface area contributed by atoms with Crippen LogP contribution in [0.4, 0.5) is 4.79 Å². The van der Waals surface area contributed by atoms with E-state index in [-0.39, 0.29) is 12.0 Å². The molecular formula is C29H43N3O3. The molecule has 0 radical (unpaired) electrons. The van der Waals surface area contributed by atoms with E-state index >= 15 is 0 Å². The Labute approximate surface area is 211 Å². The van der Waals surface area contributed by atoms with Crippen LogP contribution in [0, 0.1) is 5.92 Å². The Kier molecular flexibility index (Phi) is 9.55. The van der Waals surface area contributed by atoms with E-state index in [2.05, 4.69) is 43.3 Å². The normalized spacial score (nSPS) is 15.0. The van der Waals surface area contributed by atoms with Gasteiger partial charge in [-0.05, 0) is 89.3 Å². The van der Waals surface area contributed by atoms with E-state index in [4.69, 9.17) is 4.74 Å². The Hall–Kier alpha value is -2.60. The molecule has 1 heterocycles. The summed E-state index contributed by atoms with van der Waals surface area (Å²) in [7, 11) is 4.14. The van der Waals surface area contributed by atoms with Gasteiger partial charge in [-0.2, -0.15) is 0 Å². The van der Waals surface area contributed by atoms with Crippen molar-refractivity contribution in [2.24, 2.45) is 5.92 Å². The Morgan fingerprint density at radius 3 is 2.31 bits per heavy atom. The second kappa shape index (κ2) is 12.4. The molecule has 1 saturated heterocycles. The molecule has 6 nitrogen and oxygen atoms in total. The number of hydrogen-bond acceptors (Lipinski definition) is 4. The first-order valence-electron chi connectivity index (χ1n) is 13.0. The van der Waals surface area contributed by atoms with Crippen molar-refractivity contribution in [3.63, 3.8) is 0 Å². The Balaban J connectivity index is 1.53. The Morgan fingerprint density at radius 1 is 0.971 bits per heavy atom. The fourth-order valence-electron chi connectivity index (χ4n) is 4.71. The minimum absolute atomic E-state index is 0.187. The zero-order valence-corrected chi connectivity index (χ0v) is 22.3. The largest absolute Gasteiger partial charge is 0.444 e. The molecule has 35 heavy (non-hydrogen) atoms. The topological polar surface area (TPSA) is 53.1 Å². The fourth-order valence-corrected chi connectivity index (χ4v) is 4.71. The molecule has 0 bridgehead atoms. The molecule has 2 aromatic rings. The number of unbranched alkanes of at least 4 members (excludes halogenated alkanes) is 1. The Morgan fingerprint density at radius 2 is 1.63 bits per heavy atom. The highest BCUT2D eigenvalue weighted by Crippen LogP contribution is 2.23. The first-order chi connectivity index (χ1) is 16.6. The lowest BCUT2D eigenvalue weighted by Gasteiger charge is -2.35. The van der Waals surface area contributed by atoms with Crippen LogP contribution in [0.15, 0.2) is 42.5 Å². The fraction of sp³-hybridized carbons (Fsp3) is 0.586. The van der Waals surface area contributed by atoms with Gasteiger partial charge < -0.3 is 19.4 Å². The average molecular weight is 482 g/mol. The van der Waals surface area contributed by atoms with E-state index < -0.39 is 5.60 Å². The molecule has 0 aliphatic carbocycles. The summed E-state index contributed by atoms with van der Waals surface area (Å²) in [5.41, 5.74) is 0.583. The lowest BCUT2D eigenvalue weighted by molar-refractivity contribution is -0.131. The van der Waals surface area contributed by atoms with Gasteiger partial charge in [0.05, 0.1) is 6.42 Å². The average Bonchev–Trinajstić information content (AvgIpc) is 2.80. The molecule has 6 heteroatoms. The second-order valence-corrected chi connectivity index (χ2v) is 11.1. The molecule has 2 amide bonds. The maximum absolute atomic E-state index is 13.1. The van der Waals surface area contributed by atoms with Crippen LogP contribution in [-0.2, 0) is 16.0 Å². The van der Waals surface area contributed by atoms with Crippen LogP contribution in [-0.4, -0.2) is 79.1 Å². The zero-order chi connectivity index (χ0) is 25.4. The third kappa shape index (κ3) is 8.53. The number of carbonyl (C=O) groups is 2. The molecule has 0 atom stereocenters. The van der Waals surface area contributed by atoms with Crippen LogP contribution >= 0.6 is 0 Å². The van der Waals surface area contributed by atoms with Crippen LogP contribution in [0.1, 0.15) is 52.0 Å². The molecular weight excluding hydrogens is 438 g/mol. The molecule has 1 aliphatic rings. The van der Waals surface area contributed by atoms with E-state index in [1.165, 1.54) is 5.39 Å². The molecule has 2 aromatic carbocycles. The summed E-state index contributed by atoms with van der Waals surface area (Å²) in [5.74, 6) is 0.574. The van der Waals surface area contributed by atoms with Gasteiger partial charge in [-0.3, -0.25) is 4.79 Å². The molecule has 0 aromatic heterocycles. The summed E-state index contributed by atoms with van der Waals surface area (Å²) in [5, 5.41) is 2.32. The van der Waals surface area contributed by atoms with Crippen LogP contribution < -0.4 is 0 Å². The lowest BCUT2D eigenvalue weighted by Crippen LogP contribution is -2.45. The van der Waals surface area contributed by atoms with Crippen molar-refractivity contribution >= 4 is 22.8 Å². The molecule has 1 aliphatic heterocycles. The molecule has 0 spiro atoms. The number of amides is 2. The number of fused-ring (bicyclic) bond motifs is 1. The van der Waals surface area contributed by atoms with Gasteiger partial charge in [0.15, 0.2) is 0 Å². The van der Waals surface area contributed by atoms with Gasteiger partial charge in [0, 0.05) is 26.2 Å². The number of piperidine rings is 1. The summed E-state index contributed by atoms with van der Waals surface area (Å²) < 4.78 is 5.69. The number of hydrogen-bond donors (Lipinski definition) is 0. The van der Waals surface area contributed by atoms with E-state index in [0.717, 1.165) is 56.3 Å². The van der Waals surface area contributed by atoms with E-state index in [0.29, 0.717) is 25.4 Å². The maximum atomic E-state index is 13.1. The zero-order valence-electron chi connectivity index (χ0n) is 22.3. The van der Waals surface area contributed by atoms with Crippen LogP contribution in [0.5, 0.6) is 0 Å². The van der Waals surface area contributed by atoms with Crippen LogP contribution in [0.3, 0.4) is 0 Å². The maximum Gasteiger partial charge on any atom is 0.410 e. The third-order valence-electron chi connectivity index (χ3n) is 6.60. The quantitative estimate of drug-likeness (QED) is 0.462. The highest BCUT2D eigenvalue weighted by Gasteiger charge is 2.28. The number of ether oxygens (including phenoxy) is 1. The summed E-state index contributed by atoms with van der Waals surface area (Å²) in [6, 6.07) is 14.4. The van der Waals surface area contributed by atoms with Crippen molar-refractivity contribution in [3.05, 3.63) is 48.0 Å². The van der Waals surface area contributed by atoms with Gasteiger partial charge in [0.25, 0.3) is 0 Å². The molecule has 192 valence electrons. The molecule has 0 unspecified atom stereocenters. The standard InChI is InChI=1S/C29H43N3O3/c1-29(2,3)35-28(34)32(18-9-8-17-30(4)5)22-23-15-19-31(20-16-23)27(33)21-25-13-10-12-24-11-6-7-14-26(24)25/h6-7,10-14,23H,8-9,15-22H2,1-5H3. The highest BCUT2D eigenvalue weighted by molar-refractivity contribution is 5.90. The van der Waals surface area contributed by atoms with Crippen molar-refractivity contribution < 1.29 is 14.3 Å². The minimum atomic E-state index is -0.504. The number of rotatable bonds is 9. The third-order valence-corrected chi connectivity index (χ3v) is 6.60. The lowest BCUT2D eigenvalue weighted by atomic mass is 9.95. The van der Waals surface area contributed by atoms with Crippen LogP contribution in [0.2, 0.25) is 0 Å². The Bertz CT molecular complexity index is 969. The van der Waals surface area contributed by atoms with Gasteiger partial charge in [-0.1, -0.05) is 42.5 Å². The number of likely N-dealkylation sites (tertiary alicyclic amines) is 1. The summed E-state index contributed by atoms with van der Waals surface area (Å²) >= 11 is 0. The van der Waals surface area contributed by atoms with Crippen molar-refractivity contribution in [1.82, 2.24) is 14.7 Å². The van der Waals surface area contributed by atoms with Crippen molar-refractivity contribution in [2.45, 2.75) is 58.5 Å². The summed E-state index contributed by atoms with van der Waals surface area (Å²) in [6.07, 6.45) is 4.04. The van der Waals surface area contributed by atoms with E-state index in [1.807, 2.05) is 48.8 Å². The predicted octanol–water partition coefficient (Wildman–Crippen LogP) is 5.20. The van der Waals surface area contributed by atoms with Crippen molar-refractivity contribution in [3.8, 4) is 0 Å². The van der Waals surface area contributed by atoms with Gasteiger partial charge in [-0.25, -0.2) is 4.79 Å². The molecule has 0 N–H and O–H groups in total. The summed E-state index contributed by atoms with van der Waals surface area (Å²) in [6.45, 7) is 9.65. The second-order valence-electron chi connectivity index (χ2n) is 11.1. The number of nitrogens with zero attached hydrogens (tertiary/aromatic N) is 3. The number of benzene rings is 2. The van der Waals surface area contributed by atoms with Gasteiger partial charge >= 0.3 is 6.09 Å². The first kappa shape index (κ1) is 27.0. The highest BCUT2D eigenvalue weighted by atomic mass is 16.6. The van der Waals surface area contributed by atoms with E-state index in [9.17, 15) is 9.59 Å². The van der Waals surface area contributed by atoms with Crippen LogP contribution in [0.25, 0.3) is 10.8 Å². The van der Waals surface area contributed by atoms with Gasteiger partial charge in [0.1, 0.15) is 5.60 Å². The molecule has 1 fully saturated rings. The van der Waals surface area contributed by atoms with Gasteiger partial charge in [-0.15, -0.1) is 0 Å². The van der Waals surface area contributed by atoms with Crippen molar-refractivity contribution in [1.29, 1.82) is 0 Å². The SMILES string of the molecule is CN(C)CCCCN(CC1CCN(C(=O)Cc2cccc3ccccc23)CC1)C(=O)OC(C)(C)C.